The van der Waals surface area contributed by atoms with Crippen molar-refractivity contribution >= 4 is 40.3 Å². The number of amides is 1. The average Bonchev–Trinajstić information content (AvgIpc) is 2.67. The second-order valence-corrected chi connectivity index (χ2v) is 6.75. The highest BCUT2D eigenvalue weighted by molar-refractivity contribution is 8.22. The molecule has 0 aliphatic carbocycles. The number of carbonyl (C=O) groups is 1. The molecule has 1 aliphatic heterocycles. The van der Waals surface area contributed by atoms with Crippen LogP contribution in [-0.4, -0.2) is 21.4 Å². The van der Waals surface area contributed by atoms with Gasteiger partial charge in [-0.3, -0.25) is 4.90 Å². The molecule has 124 valence electrons. The molecule has 2 aromatic rings. The first-order valence-electron chi connectivity index (χ1n) is 7.47. The van der Waals surface area contributed by atoms with Crippen molar-refractivity contribution in [2.24, 2.45) is 0 Å². The number of hydrogen-bond acceptors (Lipinski definition) is 5. The van der Waals surface area contributed by atoms with Crippen molar-refractivity contribution < 1.29 is 9.53 Å². The Hall–Kier alpha value is -2.62. The van der Waals surface area contributed by atoms with Gasteiger partial charge < -0.3 is 4.74 Å². The number of nitrogens with zero attached hydrogens (tertiary/aromatic N) is 2. The van der Waals surface area contributed by atoms with Crippen molar-refractivity contribution in [1.82, 2.24) is 4.90 Å². The van der Waals surface area contributed by atoms with Gasteiger partial charge in [-0.15, -0.1) is 11.8 Å². The Labute approximate surface area is 155 Å². The van der Waals surface area contributed by atoms with Gasteiger partial charge in [-0.05, 0) is 30.0 Å². The third kappa shape index (κ3) is 2.93. The van der Waals surface area contributed by atoms with Crippen LogP contribution in [0.1, 0.15) is 11.1 Å². The van der Waals surface area contributed by atoms with Crippen molar-refractivity contribution in [3.8, 4) is 11.8 Å². The van der Waals surface area contributed by atoms with E-state index < -0.39 is 11.6 Å². The summed E-state index contributed by atoms with van der Waals surface area (Å²) in [7, 11) is 0. The molecule has 1 aliphatic rings. The van der Waals surface area contributed by atoms with Crippen molar-refractivity contribution in [2.75, 3.05) is 6.26 Å². The molecule has 1 unspecified atom stereocenters. The molecule has 0 saturated carbocycles. The molecule has 0 spiro atoms. The van der Waals surface area contributed by atoms with Gasteiger partial charge in [0.15, 0.2) is 0 Å². The van der Waals surface area contributed by atoms with Gasteiger partial charge in [-0.2, -0.15) is 5.26 Å². The number of para-hydroxylation sites is 1. The van der Waals surface area contributed by atoms with Crippen molar-refractivity contribution in [3.05, 3.63) is 71.9 Å². The monoisotopic (exact) mass is 366 g/mol. The second kappa shape index (κ2) is 7.09. The van der Waals surface area contributed by atoms with Gasteiger partial charge in [0.1, 0.15) is 11.8 Å². The van der Waals surface area contributed by atoms with E-state index in [0.717, 1.165) is 5.56 Å². The van der Waals surface area contributed by atoms with Gasteiger partial charge in [-0.1, -0.05) is 54.7 Å². The van der Waals surface area contributed by atoms with Crippen LogP contribution in [0.5, 0.6) is 5.75 Å². The minimum atomic E-state index is -1.40. The zero-order chi connectivity index (χ0) is 17.9. The smallest absolute Gasteiger partial charge is 0.410 e. The molecule has 0 saturated heterocycles. The van der Waals surface area contributed by atoms with Gasteiger partial charge in [-0.25, -0.2) is 4.79 Å². The summed E-state index contributed by atoms with van der Waals surface area (Å²) in [5.41, 5.74) is 0.125. The molecule has 3 rings (SSSR count). The van der Waals surface area contributed by atoms with Gasteiger partial charge >= 0.3 is 6.09 Å². The van der Waals surface area contributed by atoms with Gasteiger partial charge in [0.25, 0.3) is 0 Å². The summed E-state index contributed by atoms with van der Waals surface area (Å²) in [4.78, 5) is 14.1. The van der Waals surface area contributed by atoms with Crippen molar-refractivity contribution in [2.45, 2.75) is 5.54 Å². The lowest BCUT2D eigenvalue weighted by Gasteiger charge is -2.39. The number of thiocarbonyl (C=S) groups is 1. The van der Waals surface area contributed by atoms with Crippen LogP contribution in [0.15, 0.2) is 60.8 Å². The minimum Gasteiger partial charge on any atom is -0.410 e. The largest absolute Gasteiger partial charge is 0.421 e. The summed E-state index contributed by atoms with van der Waals surface area (Å²) in [6.45, 7) is 0. The molecule has 25 heavy (non-hydrogen) atoms. The number of ether oxygens (including phenoxy) is 1. The second-order valence-electron chi connectivity index (χ2n) is 5.27. The third-order valence-corrected chi connectivity index (χ3v) is 5.36. The molecule has 2 aromatic carbocycles. The summed E-state index contributed by atoms with van der Waals surface area (Å²) in [6.07, 6.45) is 4.47. The topological polar surface area (TPSA) is 53.3 Å². The fraction of sp³-hybridized carbons (Fsp3) is 0.105. The van der Waals surface area contributed by atoms with Crippen LogP contribution in [0, 0.1) is 11.3 Å². The Morgan fingerprint density at radius 1 is 1.20 bits per heavy atom. The normalized spacial score (nSPS) is 18.2. The zero-order valence-electron chi connectivity index (χ0n) is 13.4. The molecule has 6 heteroatoms. The average molecular weight is 366 g/mol. The summed E-state index contributed by atoms with van der Waals surface area (Å²) in [5.74, 6) is 0.404. The minimum absolute atomic E-state index is 0.386. The first-order valence-corrected chi connectivity index (χ1v) is 9.10. The quantitative estimate of drug-likeness (QED) is 0.728. The van der Waals surface area contributed by atoms with Crippen molar-refractivity contribution in [1.29, 1.82) is 5.26 Å². The maximum absolute atomic E-state index is 12.8. The number of fused-ring (bicyclic) bond motifs is 1. The maximum Gasteiger partial charge on any atom is 0.421 e. The van der Waals surface area contributed by atoms with Crippen LogP contribution in [0.3, 0.4) is 0 Å². The van der Waals surface area contributed by atoms with Crippen LogP contribution in [0.2, 0.25) is 0 Å². The lowest BCUT2D eigenvalue weighted by Crippen LogP contribution is -2.52. The lowest BCUT2D eigenvalue weighted by atomic mass is 9.85. The third-order valence-electron chi connectivity index (χ3n) is 3.90. The van der Waals surface area contributed by atoms with E-state index in [1.54, 1.807) is 42.8 Å². The van der Waals surface area contributed by atoms with Gasteiger partial charge in [0, 0.05) is 11.8 Å². The maximum atomic E-state index is 12.8. The highest BCUT2D eigenvalue weighted by atomic mass is 32.2. The Morgan fingerprint density at radius 2 is 1.88 bits per heavy atom. The van der Waals surface area contributed by atoms with E-state index in [1.807, 2.05) is 30.3 Å². The molecule has 0 radical (unpaired) electrons. The summed E-state index contributed by atoms with van der Waals surface area (Å²) < 4.78 is 5.82. The van der Waals surface area contributed by atoms with Crippen LogP contribution >= 0.6 is 24.0 Å². The Bertz CT molecular complexity index is 890. The van der Waals surface area contributed by atoms with Crippen LogP contribution in [0.25, 0.3) is 6.08 Å². The predicted molar refractivity (Wildman–Crippen MR) is 103 cm³/mol. The van der Waals surface area contributed by atoms with Crippen LogP contribution in [-0.2, 0) is 5.54 Å². The number of benzene rings is 2. The number of nitriles is 1. The van der Waals surface area contributed by atoms with E-state index in [0.29, 0.717) is 15.5 Å². The van der Waals surface area contributed by atoms with Crippen LogP contribution < -0.4 is 4.74 Å². The number of hydrogen-bond donors (Lipinski definition) is 0. The van der Waals surface area contributed by atoms with Crippen LogP contribution in [0.4, 0.5) is 4.79 Å². The summed E-state index contributed by atoms with van der Waals surface area (Å²) in [5, 5.41) is 10.0. The van der Waals surface area contributed by atoms with Gasteiger partial charge in [0.05, 0.1) is 4.20 Å². The molecule has 0 N–H and O–H groups in total. The molecule has 0 fully saturated rings. The zero-order valence-corrected chi connectivity index (χ0v) is 15.0. The standard InChI is InChI=1S/C19H14N2O2S2/c1-25-17(24)19(13-20)16-10-6-5-7-14(16)11-12-21(19)18(22)23-15-8-3-2-4-9-15/h2-12H,1H3. The van der Waals surface area contributed by atoms with E-state index in [9.17, 15) is 10.1 Å². The molecular formula is C19H14N2O2S2. The molecule has 0 aromatic heterocycles. The molecular weight excluding hydrogens is 352 g/mol. The van der Waals surface area contributed by atoms with E-state index in [1.165, 1.54) is 16.7 Å². The first-order chi connectivity index (χ1) is 12.1. The Morgan fingerprint density at radius 3 is 2.56 bits per heavy atom. The lowest BCUT2D eigenvalue weighted by molar-refractivity contribution is 0.154. The molecule has 1 atom stereocenters. The fourth-order valence-electron chi connectivity index (χ4n) is 2.72. The molecule has 1 amide bonds. The molecule has 1 heterocycles. The molecule has 0 bridgehead atoms. The van der Waals surface area contributed by atoms with E-state index in [2.05, 4.69) is 6.07 Å². The highest BCUT2D eigenvalue weighted by Crippen LogP contribution is 2.40. The first kappa shape index (κ1) is 17.2. The van der Waals surface area contributed by atoms with E-state index >= 15 is 0 Å². The number of carbonyl (C=O) groups excluding carboxylic acids is 1. The SMILES string of the molecule is CSC(=S)C1(C#N)c2ccccc2C=CN1C(=O)Oc1ccccc1. The summed E-state index contributed by atoms with van der Waals surface area (Å²) >= 11 is 6.75. The van der Waals surface area contributed by atoms with Gasteiger partial charge in [0.2, 0.25) is 5.54 Å². The number of thioether (sulfide) groups is 1. The van der Waals surface area contributed by atoms with E-state index in [4.69, 9.17) is 17.0 Å². The fourth-order valence-corrected chi connectivity index (χ4v) is 3.52. The van der Waals surface area contributed by atoms with Crippen molar-refractivity contribution in [3.63, 3.8) is 0 Å². The highest BCUT2D eigenvalue weighted by Gasteiger charge is 2.48. The Kier molecular flexibility index (Phi) is 4.88. The molecule has 4 nitrogen and oxygen atoms in total. The Balaban J connectivity index is 2.08. The summed E-state index contributed by atoms with van der Waals surface area (Å²) in [6, 6.07) is 18.4. The van der Waals surface area contributed by atoms with E-state index in [-0.39, 0.29) is 0 Å². The number of rotatable bonds is 2. The predicted octanol–water partition coefficient (Wildman–Crippen LogP) is 4.58.